The molecule has 4 nitrogen and oxygen atoms in total. The fourth-order valence-corrected chi connectivity index (χ4v) is 0.695. The van der Waals surface area contributed by atoms with Crippen LogP contribution in [0.1, 0.15) is 6.92 Å². The summed E-state index contributed by atoms with van der Waals surface area (Å²) in [6, 6.07) is 0. The molecule has 0 aliphatic carbocycles. The first-order valence-electron chi connectivity index (χ1n) is 2.68. The summed E-state index contributed by atoms with van der Waals surface area (Å²) in [6.07, 6.45) is -0.180. The van der Waals surface area contributed by atoms with E-state index in [4.69, 9.17) is 14.5 Å². The average Bonchev–Trinajstić information content (AvgIpc) is 1.63. The van der Waals surface area contributed by atoms with Crippen molar-refractivity contribution in [2.24, 2.45) is 0 Å². The molecule has 0 aromatic heterocycles. The quantitative estimate of drug-likeness (QED) is 0.448. The molecule has 56 valence electrons. The molecule has 0 amide bonds. The van der Waals surface area contributed by atoms with Crippen molar-refractivity contribution < 1.29 is 19.1 Å². The smallest absolute Gasteiger partial charge is 0.327 e. The van der Waals surface area contributed by atoms with Crippen molar-refractivity contribution in [3.63, 3.8) is 0 Å². The highest BCUT2D eigenvalue weighted by molar-refractivity contribution is 7.51. The topological polar surface area (TPSA) is 66.8 Å². The van der Waals surface area contributed by atoms with E-state index in [0.29, 0.717) is 6.61 Å². The van der Waals surface area contributed by atoms with Crippen LogP contribution in [0.2, 0.25) is 0 Å². The van der Waals surface area contributed by atoms with Crippen LogP contribution in [-0.2, 0) is 9.30 Å². The van der Waals surface area contributed by atoms with Crippen LogP contribution in [0.25, 0.3) is 0 Å². The molecule has 0 aliphatic heterocycles. The lowest BCUT2D eigenvalue weighted by Crippen LogP contribution is -1.99. The molecule has 0 aromatic carbocycles. The van der Waals surface area contributed by atoms with Crippen molar-refractivity contribution >= 4 is 7.60 Å². The van der Waals surface area contributed by atoms with Crippen LogP contribution in [0.4, 0.5) is 0 Å². The van der Waals surface area contributed by atoms with Gasteiger partial charge in [0, 0.05) is 6.61 Å². The van der Waals surface area contributed by atoms with E-state index in [1.807, 2.05) is 0 Å². The monoisotopic (exact) mass is 154 g/mol. The fraction of sp³-hybridized carbons (Fsp3) is 1.00. The molecule has 0 atom stereocenters. The molecule has 0 unspecified atom stereocenters. The summed E-state index contributed by atoms with van der Waals surface area (Å²) in [4.78, 5) is 16.6. The predicted octanol–water partition coefficient (Wildman–Crippen LogP) is 0.201. The molecular formula is C4H11O4P. The van der Waals surface area contributed by atoms with E-state index in [1.54, 1.807) is 6.92 Å². The third-order valence-electron chi connectivity index (χ3n) is 0.731. The van der Waals surface area contributed by atoms with Crippen molar-refractivity contribution in [3.8, 4) is 0 Å². The summed E-state index contributed by atoms with van der Waals surface area (Å²) in [6.45, 7) is 2.42. The lowest BCUT2D eigenvalue weighted by Gasteiger charge is -2.01. The summed E-state index contributed by atoms with van der Waals surface area (Å²) in [5.41, 5.74) is 0. The summed E-state index contributed by atoms with van der Waals surface area (Å²) in [7, 11) is -3.82. The second-order valence-electron chi connectivity index (χ2n) is 1.59. The Balaban J connectivity index is 3.18. The van der Waals surface area contributed by atoms with Crippen molar-refractivity contribution in [1.29, 1.82) is 0 Å². The van der Waals surface area contributed by atoms with Gasteiger partial charge >= 0.3 is 7.60 Å². The van der Waals surface area contributed by atoms with Gasteiger partial charge in [0.05, 0.1) is 12.8 Å². The van der Waals surface area contributed by atoms with Gasteiger partial charge in [-0.05, 0) is 6.92 Å². The Labute approximate surface area is 54.0 Å². The standard InChI is InChI=1S/C4H11O4P/c1-2-8-3-4-9(5,6)7/h2-4H2,1H3,(H2,5,6,7). The molecule has 0 saturated heterocycles. The highest BCUT2D eigenvalue weighted by Crippen LogP contribution is 2.33. The van der Waals surface area contributed by atoms with Gasteiger partial charge in [-0.2, -0.15) is 0 Å². The first kappa shape index (κ1) is 9.11. The summed E-state index contributed by atoms with van der Waals surface area (Å²) in [5, 5.41) is 0. The lowest BCUT2D eigenvalue weighted by atomic mass is 10.8. The van der Waals surface area contributed by atoms with Gasteiger partial charge in [-0.3, -0.25) is 4.57 Å². The molecule has 5 heteroatoms. The van der Waals surface area contributed by atoms with E-state index in [9.17, 15) is 4.57 Å². The Hall–Kier alpha value is 0.110. The van der Waals surface area contributed by atoms with Gasteiger partial charge in [-0.25, -0.2) is 0 Å². The molecular weight excluding hydrogens is 143 g/mol. The minimum absolute atomic E-state index is 0.140. The van der Waals surface area contributed by atoms with Crippen molar-refractivity contribution in [2.45, 2.75) is 6.92 Å². The van der Waals surface area contributed by atoms with E-state index in [0.717, 1.165) is 0 Å². The van der Waals surface area contributed by atoms with E-state index < -0.39 is 7.60 Å². The van der Waals surface area contributed by atoms with Crippen molar-refractivity contribution in [3.05, 3.63) is 0 Å². The Morgan fingerprint density at radius 2 is 2.11 bits per heavy atom. The lowest BCUT2D eigenvalue weighted by molar-refractivity contribution is 0.159. The predicted molar refractivity (Wildman–Crippen MR) is 33.4 cm³/mol. The van der Waals surface area contributed by atoms with Crippen LogP contribution < -0.4 is 0 Å². The number of hydrogen-bond acceptors (Lipinski definition) is 2. The van der Waals surface area contributed by atoms with Gasteiger partial charge in [0.1, 0.15) is 0 Å². The first-order valence-corrected chi connectivity index (χ1v) is 4.48. The second kappa shape index (κ2) is 4.01. The zero-order valence-electron chi connectivity index (χ0n) is 5.28. The molecule has 2 N–H and O–H groups in total. The molecule has 9 heavy (non-hydrogen) atoms. The maximum absolute atomic E-state index is 10.1. The van der Waals surface area contributed by atoms with Crippen molar-refractivity contribution in [1.82, 2.24) is 0 Å². The largest absolute Gasteiger partial charge is 0.381 e. The molecule has 0 saturated carbocycles. The molecule has 0 rings (SSSR count). The van der Waals surface area contributed by atoms with Gasteiger partial charge in [0.15, 0.2) is 0 Å². The molecule has 0 heterocycles. The van der Waals surface area contributed by atoms with Gasteiger partial charge in [0.2, 0.25) is 0 Å². The third-order valence-corrected chi connectivity index (χ3v) is 1.50. The van der Waals surface area contributed by atoms with Crippen LogP contribution in [0, 0.1) is 0 Å². The van der Waals surface area contributed by atoms with Gasteiger partial charge < -0.3 is 14.5 Å². The number of rotatable bonds is 4. The summed E-state index contributed by atoms with van der Waals surface area (Å²) in [5.74, 6) is 0. The van der Waals surface area contributed by atoms with Gasteiger partial charge in [0.25, 0.3) is 0 Å². The minimum Gasteiger partial charge on any atom is -0.381 e. The molecule has 0 spiro atoms. The maximum Gasteiger partial charge on any atom is 0.327 e. The van der Waals surface area contributed by atoms with E-state index in [-0.39, 0.29) is 12.8 Å². The Bertz CT molecular complexity index is 107. The second-order valence-corrected chi connectivity index (χ2v) is 3.36. The molecule has 0 fully saturated rings. The van der Waals surface area contributed by atoms with E-state index >= 15 is 0 Å². The Kier molecular flexibility index (Phi) is 4.06. The summed E-state index contributed by atoms with van der Waals surface area (Å²) < 4.78 is 14.8. The number of ether oxygens (including phenoxy) is 1. The zero-order valence-corrected chi connectivity index (χ0v) is 6.17. The van der Waals surface area contributed by atoms with Crippen LogP contribution >= 0.6 is 7.60 Å². The Morgan fingerprint density at radius 3 is 2.44 bits per heavy atom. The SMILES string of the molecule is CCOCCP(=O)(O)O. The van der Waals surface area contributed by atoms with Gasteiger partial charge in [-0.15, -0.1) is 0 Å². The highest BCUT2D eigenvalue weighted by atomic mass is 31.2. The van der Waals surface area contributed by atoms with Gasteiger partial charge in [-0.1, -0.05) is 0 Å². The highest BCUT2D eigenvalue weighted by Gasteiger charge is 2.10. The van der Waals surface area contributed by atoms with Crippen molar-refractivity contribution in [2.75, 3.05) is 19.4 Å². The molecule has 0 aromatic rings. The first-order chi connectivity index (χ1) is 4.06. The zero-order chi connectivity index (χ0) is 7.33. The van der Waals surface area contributed by atoms with Crippen LogP contribution in [0.3, 0.4) is 0 Å². The van der Waals surface area contributed by atoms with Crippen LogP contribution in [-0.4, -0.2) is 29.2 Å². The average molecular weight is 154 g/mol. The number of hydrogen-bond donors (Lipinski definition) is 2. The molecule has 0 bridgehead atoms. The van der Waals surface area contributed by atoms with Crippen LogP contribution in [0.15, 0.2) is 0 Å². The minimum atomic E-state index is -3.82. The summed E-state index contributed by atoms with van der Waals surface area (Å²) >= 11 is 0. The fourth-order valence-electron chi connectivity index (χ4n) is 0.328. The molecule has 0 aliphatic rings. The maximum atomic E-state index is 10.1. The van der Waals surface area contributed by atoms with E-state index in [1.165, 1.54) is 0 Å². The van der Waals surface area contributed by atoms with E-state index in [2.05, 4.69) is 0 Å². The normalized spacial score (nSPS) is 11.9. The van der Waals surface area contributed by atoms with Crippen LogP contribution in [0.5, 0.6) is 0 Å². The third kappa shape index (κ3) is 8.11. The molecule has 0 radical (unpaired) electrons. The Morgan fingerprint density at radius 1 is 1.56 bits per heavy atom.